The number of nitrogens with one attached hydrogen (secondary N) is 1. The first kappa shape index (κ1) is 25.2. The first-order valence-corrected chi connectivity index (χ1v) is 13.4. The summed E-state index contributed by atoms with van der Waals surface area (Å²) >= 11 is 2.38. The zero-order chi connectivity index (χ0) is 24.6. The van der Waals surface area contributed by atoms with Gasteiger partial charge in [0.15, 0.2) is 11.5 Å². The molecule has 176 valence electrons. The molecule has 0 aliphatic rings. The van der Waals surface area contributed by atoms with Gasteiger partial charge in [-0.2, -0.15) is 14.6 Å². The Kier molecular flexibility index (Phi) is 8.64. The molecule has 0 aliphatic heterocycles. The summed E-state index contributed by atoms with van der Waals surface area (Å²) in [4.78, 5) is 17.4. The van der Waals surface area contributed by atoms with E-state index < -0.39 is 20.9 Å². The number of methoxy groups -OCH3 is 1. The maximum absolute atomic E-state index is 12.4. The van der Waals surface area contributed by atoms with Crippen LogP contribution in [0, 0.1) is 11.3 Å². The first-order valence-electron chi connectivity index (χ1n) is 9.75. The van der Waals surface area contributed by atoms with Crippen LogP contribution in [0.1, 0.15) is 5.56 Å². The minimum atomic E-state index is -3.60. The van der Waals surface area contributed by atoms with Crippen molar-refractivity contribution in [1.82, 2.24) is 9.36 Å². The molecule has 9 nitrogen and oxygen atoms in total. The summed E-state index contributed by atoms with van der Waals surface area (Å²) in [7, 11) is -2.10. The van der Waals surface area contributed by atoms with Crippen LogP contribution in [0.3, 0.4) is 0 Å². The fraction of sp³-hybridized carbons (Fsp3) is 0.182. The van der Waals surface area contributed by atoms with Crippen LogP contribution in [0.5, 0.6) is 11.5 Å². The summed E-state index contributed by atoms with van der Waals surface area (Å²) in [5, 5.41) is 11.4. The Bertz CT molecular complexity index is 1330. The standard InChI is InChI=1S/C22H20N4O5S3/c1-30-19-13-15(8-9-18(19)31-10-11-32-17-6-4-3-5-7-17)12-16(14-23)20(27)24-21-25-22(26-33-21)34(2,28)29/h3-9,12-13H,10-11H2,1-2H3,(H,24,25,26,27)/b16-12-. The second kappa shape index (κ2) is 11.6. The van der Waals surface area contributed by atoms with Gasteiger partial charge in [0.1, 0.15) is 11.6 Å². The molecule has 0 saturated heterocycles. The van der Waals surface area contributed by atoms with E-state index in [4.69, 9.17) is 9.47 Å². The smallest absolute Gasteiger partial charge is 0.268 e. The largest absolute Gasteiger partial charge is 0.493 e. The van der Waals surface area contributed by atoms with Crippen LogP contribution in [0.4, 0.5) is 5.13 Å². The van der Waals surface area contributed by atoms with E-state index in [1.54, 1.807) is 30.0 Å². The highest BCUT2D eigenvalue weighted by molar-refractivity contribution is 7.99. The second-order valence-electron chi connectivity index (χ2n) is 6.70. The van der Waals surface area contributed by atoms with Crippen LogP contribution < -0.4 is 14.8 Å². The lowest BCUT2D eigenvalue weighted by Gasteiger charge is -2.11. The number of rotatable bonds is 10. The van der Waals surface area contributed by atoms with E-state index in [1.807, 2.05) is 36.4 Å². The van der Waals surface area contributed by atoms with Crippen molar-refractivity contribution in [3.05, 3.63) is 59.7 Å². The number of hydrogen-bond donors (Lipinski definition) is 1. The van der Waals surface area contributed by atoms with Crippen LogP contribution >= 0.6 is 23.3 Å². The van der Waals surface area contributed by atoms with Crippen molar-refractivity contribution in [1.29, 1.82) is 5.26 Å². The Labute approximate surface area is 205 Å². The molecule has 3 rings (SSSR count). The normalized spacial score (nSPS) is 11.5. The molecular weight excluding hydrogens is 496 g/mol. The Morgan fingerprint density at radius 3 is 2.65 bits per heavy atom. The topological polar surface area (TPSA) is 131 Å². The lowest BCUT2D eigenvalue weighted by molar-refractivity contribution is -0.112. The molecule has 0 saturated carbocycles. The molecule has 1 N–H and O–H groups in total. The van der Waals surface area contributed by atoms with E-state index >= 15 is 0 Å². The molecule has 3 aromatic rings. The minimum absolute atomic E-state index is 0.0266. The van der Waals surface area contributed by atoms with Crippen molar-refractivity contribution >= 4 is 50.2 Å². The van der Waals surface area contributed by atoms with E-state index in [0.717, 1.165) is 16.9 Å². The third kappa shape index (κ3) is 7.05. The van der Waals surface area contributed by atoms with Gasteiger partial charge >= 0.3 is 0 Å². The highest BCUT2D eigenvalue weighted by Crippen LogP contribution is 2.29. The van der Waals surface area contributed by atoms with Gasteiger partial charge in [-0.1, -0.05) is 24.3 Å². The molecule has 1 amide bonds. The summed E-state index contributed by atoms with van der Waals surface area (Å²) in [6.45, 7) is 0.467. The number of carbonyl (C=O) groups excluding carboxylic acids is 1. The van der Waals surface area contributed by atoms with Crippen LogP contribution in [-0.4, -0.2) is 49.4 Å². The molecule has 34 heavy (non-hydrogen) atoms. The van der Waals surface area contributed by atoms with E-state index in [1.165, 1.54) is 13.2 Å². The average molecular weight is 517 g/mol. The average Bonchev–Trinajstić information content (AvgIpc) is 3.30. The zero-order valence-corrected chi connectivity index (χ0v) is 20.7. The van der Waals surface area contributed by atoms with Gasteiger partial charge < -0.3 is 9.47 Å². The molecule has 2 aromatic carbocycles. The molecule has 12 heteroatoms. The van der Waals surface area contributed by atoms with Gasteiger partial charge in [0.25, 0.3) is 11.1 Å². The number of aromatic nitrogens is 2. The Morgan fingerprint density at radius 2 is 2.00 bits per heavy atom. The zero-order valence-electron chi connectivity index (χ0n) is 18.2. The molecule has 0 atom stereocenters. The second-order valence-corrected chi connectivity index (χ2v) is 10.5. The Hall–Kier alpha value is -3.40. The number of carbonyl (C=O) groups is 1. The van der Waals surface area contributed by atoms with Gasteiger partial charge in [-0.15, -0.1) is 11.8 Å². The number of amides is 1. The number of sulfone groups is 1. The van der Waals surface area contributed by atoms with E-state index in [9.17, 15) is 18.5 Å². The number of benzene rings is 2. The molecular formula is C22H20N4O5S3. The Morgan fingerprint density at radius 1 is 1.24 bits per heavy atom. The van der Waals surface area contributed by atoms with Crippen LogP contribution in [0.2, 0.25) is 0 Å². The third-order valence-electron chi connectivity index (χ3n) is 4.18. The third-order valence-corrected chi connectivity index (χ3v) is 6.74. The van der Waals surface area contributed by atoms with Gasteiger partial charge in [-0.05, 0) is 35.9 Å². The van der Waals surface area contributed by atoms with Crippen molar-refractivity contribution in [2.45, 2.75) is 10.1 Å². The molecule has 1 aromatic heterocycles. The Balaban J connectivity index is 1.65. The molecule has 0 fully saturated rings. The summed E-state index contributed by atoms with van der Waals surface area (Å²) in [6, 6.07) is 16.9. The van der Waals surface area contributed by atoms with Gasteiger partial charge in [0.05, 0.1) is 13.7 Å². The molecule has 0 radical (unpaired) electrons. The van der Waals surface area contributed by atoms with Gasteiger partial charge in [0, 0.05) is 28.4 Å². The lowest BCUT2D eigenvalue weighted by atomic mass is 10.1. The van der Waals surface area contributed by atoms with Crippen molar-refractivity contribution < 1.29 is 22.7 Å². The first-order chi connectivity index (χ1) is 16.3. The summed E-state index contributed by atoms with van der Waals surface area (Å²) in [5.41, 5.74) is 0.342. The molecule has 1 heterocycles. The number of thioether (sulfide) groups is 1. The van der Waals surface area contributed by atoms with Gasteiger partial charge in [0.2, 0.25) is 15.0 Å². The monoisotopic (exact) mass is 516 g/mol. The SMILES string of the molecule is COc1cc(/C=C(/C#N)C(=O)Nc2nc(S(C)(=O)=O)ns2)ccc1OCCSc1ccccc1. The van der Waals surface area contributed by atoms with E-state index in [-0.39, 0.29) is 10.7 Å². The fourth-order valence-electron chi connectivity index (χ4n) is 2.61. The summed E-state index contributed by atoms with van der Waals surface area (Å²) < 4.78 is 37.9. The highest BCUT2D eigenvalue weighted by atomic mass is 32.2. The van der Waals surface area contributed by atoms with Crippen molar-refractivity contribution in [3.63, 3.8) is 0 Å². The predicted molar refractivity (Wildman–Crippen MR) is 131 cm³/mol. The number of nitrogens with zero attached hydrogens (tertiary/aromatic N) is 3. The quantitative estimate of drug-likeness (QED) is 0.186. The molecule has 0 bridgehead atoms. The number of nitriles is 1. The molecule has 0 aliphatic carbocycles. The maximum atomic E-state index is 12.4. The van der Waals surface area contributed by atoms with Crippen molar-refractivity contribution in [2.24, 2.45) is 0 Å². The predicted octanol–water partition coefficient (Wildman–Crippen LogP) is 3.67. The molecule has 0 unspecified atom stereocenters. The lowest BCUT2D eigenvalue weighted by Crippen LogP contribution is -2.13. The fourth-order valence-corrected chi connectivity index (χ4v) is 4.80. The molecule has 0 spiro atoms. The van der Waals surface area contributed by atoms with Crippen molar-refractivity contribution in [3.8, 4) is 17.6 Å². The van der Waals surface area contributed by atoms with Crippen LogP contribution in [0.15, 0.2) is 64.2 Å². The maximum Gasteiger partial charge on any atom is 0.268 e. The van der Waals surface area contributed by atoms with E-state index in [0.29, 0.717) is 35.2 Å². The van der Waals surface area contributed by atoms with Crippen molar-refractivity contribution in [2.75, 3.05) is 31.0 Å². The summed E-state index contributed by atoms with van der Waals surface area (Å²) in [6.07, 6.45) is 2.34. The van der Waals surface area contributed by atoms with Crippen LogP contribution in [-0.2, 0) is 14.6 Å². The van der Waals surface area contributed by atoms with E-state index in [2.05, 4.69) is 14.7 Å². The number of anilines is 1. The van der Waals surface area contributed by atoms with Gasteiger partial charge in [-0.25, -0.2) is 8.42 Å². The number of hydrogen-bond acceptors (Lipinski definition) is 10. The minimum Gasteiger partial charge on any atom is -0.493 e. The van der Waals surface area contributed by atoms with Crippen LogP contribution in [0.25, 0.3) is 6.08 Å². The van der Waals surface area contributed by atoms with Gasteiger partial charge in [-0.3, -0.25) is 10.1 Å². The number of ether oxygens (including phenoxy) is 2. The summed E-state index contributed by atoms with van der Waals surface area (Å²) in [5.74, 6) is 1.01. The highest BCUT2D eigenvalue weighted by Gasteiger charge is 2.17.